The number of aliphatic carboxylic acids is 1. The highest BCUT2D eigenvalue weighted by molar-refractivity contribution is 6.00. The molecule has 1 aromatic heterocycles. The summed E-state index contributed by atoms with van der Waals surface area (Å²) in [4.78, 5) is 52.6. The molecule has 0 amide bonds. The number of aromatic nitrogens is 2. The van der Waals surface area contributed by atoms with Gasteiger partial charge in [-0.05, 0) is 138 Å². The molecule has 1 aromatic rings. The normalized spacial score (nSPS) is 36.0. The third-order valence-electron chi connectivity index (χ3n) is 17.3. The molecule has 0 bridgehead atoms. The van der Waals surface area contributed by atoms with E-state index >= 15 is 0 Å². The summed E-state index contributed by atoms with van der Waals surface area (Å²) in [5, 5.41) is 22.4. The summed E-state index contributed by atoms with van der Waals surface area (Å²) in [7, 11) is 4.15. The minimum absolute atomic E-state index is 0.0216. The average Bonchev–Trinajstić information content (AvgIpc) is 3.44. The number of hydrogen-bond donors (Lipinski definition) is 2. The Bertz CT molecular complexity index is 1720. The van der Waals surface area contributed by atoms with Crippen LogP contribution in [0.4, 0.5) is 0 Å². The van der Waals surface area contributed by atoms with Gasteiger partial charge in [-0.2, -0.15) is 0 Å². The van der Waals surface area contributed by atoms with Gasteiger partial charge in [0.15, 0.2) is 5.78 Å². The molecular formula is C47H74N4O6. The smallest absolute Gasteiger partial charge is 0.309 e. The van der Waals surface area contributed by atoms with Crippen LogP contribution in [0.25, 0.3) is 0 Å². The van der Waals surface area contributed by atoms with E-state index in [-0.39, 0.29) is 57.8 Å². The van der Waals surface area contributed by atoms with Crippen LogP contribution >= 0.6 is 0 Å². The van der Waals surface area contributed by atoms with Gasteiger partial charge in [0.05, 0.1) is 23.6 Å². The van der Waals surface area contributed by atoms with Crippen molar-refractivity contribution in [1.29, 1.82) is 0 Å². The zero-order valence-electron chi connectivity index (χ0n) is 37.3. The first-order chi connectivity index (χ1) is 26.5. The van der Waals surface area contributed by atoms with Gasteiger partial charge in [0.2, 0.25) is 0 Å². The Morgan fingerprint density at radius 2 is 1.65 bits per heavy atom. The molecule has 5 aliphatic carbocycles. The molecule has 10 heteroatoms. The van der Waals surface area contributed by atoms with Crippen LogP contribution in [0.5, 0.6) is 0 Å². The number of carboxylic acid groups (broad SMARTS) is 1. The number of carboxylic acids is 1. The second kappa shape index (κ2) is 15.4. The van der Waals surface area contributed by atoms with Crippen LogP contribution in [0.1, 0.15) is 145 Å². The van der Waals surface area contributed by atoms with Crippen molar-refractivity contribution in [3.05, 3.63) is 35.4 Å². The number of carbonyl (C=O) groups is 3. The van der Waals surface area contributed by atoms with E-state index < -0.39 is 28.9 Å². The number of likely N-dealkylation sites (N-methyl/N-ethyl adjacent to an activating group) is 1. The van der Waals surface area contributed by atoms with Gasteiger partial charge in [-0.15, -0.1) is 0 Å². The quantitative estimate of drug-likeness (QED) is 0.189. The molecule has 10 nitrogen and oxygen atoms in total. The minimum Gasteiger partial charge on any atom is -0.481 e. The molecule has 10 atom stereocenters. The third-order valence-corrected chi connectivity index (χ3v) is 17.3. The van der Waals surface area contributed by atoms with E-state index in [0.717, 1.165) is 75.7 Å². The van der Waals surface area contributed by atoms with E-state index in [1.165, 1.54) is 5.57 Å². The lowest BCUT2D eigenvalue weighted by molar-refractivity contribution is -0.235. The lowest BCUT2D eigenvalue weighted by Crippen LogP contribution is -2.66. The highest BCUT2D eigenvalue weighted by atomic mass is 16.5. The van der Waals surface area contributed by atoms with Gasteiger partial charge in [-0.1, -0.05) is 54.0 Å². The Labute approximate surface area is 343 Å². The van der Waals surface area contributed by atoms with E-state index in [2.05, 4.69) is 89.3 Å². The lowest BCUT2D eigenvalue weighted by atomic mass is 9.33. The van der Waals surface area contributed by atoms with Crippen molar-refractivity contribution in [1.82, 2.24) is 19.8 Å². The van der Waals surface area contributed by atoms with Gasteiger partial charge in [-0.25, -0.2) is 9.97 Å². The Kier molecular flexibility index (Phi) is 11.9. The summed E-state index contributed by atoms with van der Waals surface area (Å²) in [6.45, 7) is 23.9. The van der Waals surface area contributed by atoms with Gasteiger partial charge in [-0.3, -0.25) is 19.3 Å². The monoisotopic (exact) mass is 791 g/mol. The summed E-state index contributed by atoms with van der Waals surface area (Å²) < 4.78 is 6.20. The molecule has 0 saturated heterocycles. The molecule has 4 saturated carbocycles. The molecule has 0 aliphatic heterocycles. The second-order valence-electron chi connectivity index (χ2n) is 21.7. The first-order valence-corrected chi connectivity index (χ1v) is 22.0. The first-order valence-electron chi connectivity index (χ1n) is 22.0. The number of ether oxygens (including phenoxy) is 1. The maximum absolute atomic E-state index is 14.3. The summed E-state index contributed by atoms with van der Waals surface area (Å²) in [6, 6.07) is 1.94. The number of nitrogens with zero attached hydrogens (tertiary/aromatic N) is 4. The number of fused-ring (bicyclic) bond motifs is 7. The Hall–Kier alpha value is -2.69. The molecule has 57 heavy (non-hydrogen) atoms. The summed E-state index contributed by atoms with van der Waals surface area (Å²) in [5.74, 6) is -0.0362. The van der Waals surface area contributed by atoms with Gasteiger partial charge < -0.3 is 19.8 Å². The Balaban J connectivity index is 1.30. The van der Waals surface area contributed by atoms with E-state index in [4.69, 9.17) is 4.74 Å². The number of carbonyl (C=O) groups excluding carboxylic acids is 2. The zero-order valence-corrected chi connectivity index (χ0v) is 37.3. The molecule has 6 rings (SSSR count). The topological polar surface area (TPSA) is 133 Å². The Morgan fingerprint density at radius 1 is 0.947 bits per heavy atom. The van der Waals surface area contributed by atoms with Crippen LogP contribution in [0.15, 0.2) is 29.7 Å². The van der Waals surface area contributed by atoms with E-state index in [0.29, 0.717) is 24.8 Å². The highest BCUT2D eigenvalue weighted by Gasteiger charge is 2.71. The van der Waals surface area contributed by atoms with E-state index in [1.807, 2.05) is 6.07 Å². The van der Waals surface area contributed by atoms with Crippen LogP contribution in [0, 0.1) is 56.2 Å². The van der Waals surface area contributed by atoms with Crippen molar-refractivity contribution in [3.63, 3.8) is 0 Å². The molecule has 4 fully saturated rings. The average molecular weight is 791 g/mol. The number of Topliss-reactive ketones (excluding diaryl/α,β-unsaturated/α-hetero) is 1. The molecule has 2 N–H and O–H groups in total. The van der Waals surface area contributed by atoms with Crippen molar-refractivity contribution in [3.8, 4) is 0 Å². The second-order valence-corrected chi connectivity index (χ2v) is 21.7. The largest absolute Gasteiger partial charge is 0.481 e. The number of rotatable bonds is 13. The first kappa shape index (κ1) is 43.9. The van der Waals surface area contributed by atoms with Crippen LogP contribution in [-0.4, -0.2) is 93.6 Å². The van der Waals surface area contributed by atoms with Crippen molar-refractivity contribution < 1.29 is 29.3 Å². The van der Waals surface area contributed by atoms with Gasteiger partial charge in [0.1, 0.15) is 12.4 Å². The maximum atomic E-state index is 14.3. The van der Waals surface area contributed by atoms with Crippen molar-refractivity contribution in [2.75, 3.05) is 33.7 Å². The number of ketones is 1. The zero-order chi connectivity index (χ0) is 42.1. The van der Waals surface area contributed by atoms with Gasteiger partial charge in [0.25, 0.3) is 0 Å². The lowest BCUT2D eigenvalue weighted by Gasteiger charge is -2.72. The Morgan fingerprint density at radius 3 is 2.26 bits per heavy atom. The predicted octanol–water partition coefficient (Wildman–Crippen LogP) is 8.16. The summed E-state index contributed by atoms with van der Waals surface area (Å²) in [5.41, 5.74) is 1.24. The van der Waals surface area contributed by atoms with Gasteiger partial charge >= 0.3 is 11.9 Å². The summed E-state index contributed by atoms with van der Waals surface area (Å²) in [6.07, 6.45) is 10.4. The predicted molar refractivity (Wildman–Crippen MR) is 222 cm³/mol. The van der Waals surface area contributed by atoms with Crippen molar-refractivity contribution in [2.45, 2.75) is 152 Å². The highest BCUT2D eigenvalue weighted by Crippen LogP contribution is 2.77. The fourth-order valence-corrected chi connectivity index (χ4v) is 13.8. The number of aliphatic hydroxyl groups is 1. The fraction of sp³-hybridized carbons (Fsp3) is 0.809. The van der Waals surface area contributed by atoms with Crippen molar-refractivity contribution >= 4 is 17.7 Å². The minimum atomic E-state index is -1.17. The van der Waals surface area contributed by atoms with Crippen LogP contribution in [0.2, 0.25) is 0 Å². The number of esters is 1. The van der Waals surface area contributed by atoms with Crippen LogP contribution in [0.3, 0.4) is 0 Å². The van der Waals surface area contributed by atoms with Crippen LogP contribution in [-0.2, 0) is 19.1 Å². The molecule has 0 spiro atoms. The molecule has 2 unspecified atom stereocenters. The number of hydrogen-bond acceptors (Lipinski definition) is 9. The summed E-state index contributed by atoms with van der Waals surface area (Å²) >= 11 is 0. The molecule has 0 radical (unpaired) electrons. The van der Waals surface area contributed by atoms with E-state index in [9.17, 15) is 24.6 Å². The molecular weight excluding hydrogens is 717 g/mol. The fourth-order valence-electron chi connectivity index (χ4n) is 13.8. The van der Waals surface area contributed by atoms with Crippen LogP contribution < -0.4 is 0 Å². The standard InChI is InChI=1S/C47H74N4O6/c1-29(2)39-33(52)25-47(36(53)27-51(24-23-50(11)12)30(3)32-17-22-48-28-49-32)21-20-45(9)31(40(39)47)13-14-35-44(8)18-16-37(57-38(54)26-42(4,5)41(55)56)43(6,7)34(44)15-19-46(35,45)10/h17,22,28-31,34-37,53H,13-16,18-21,23-27H2,1-12H3,(H,55,56)/t30-,31-,34+,35-,36?,37+,44+,45-,46-,47?/m1/s1. The molecule has 1 heterocycles. The molecule has 5 aliphatic rings. The molecule has 318 valence electrons. The maximum Gasteiger partial charge on any atom is 0.309 e. The number of allylic oxidation sites excluding steroid dienone is 1. The molecule has 0 aromatic carbocycles. The number of aliphatic hydroxyl groups excluding tert-OH is 1. The van der Waals surface area contributed by atoms with Gasteiger partial charge in [0, 0.05) is 49.1 Å². The third kappa shape index (κ3) is 7.23. The van der Waals surface area contributed by atoms with E-state index in [1.54, 1.807) is 26.4 Å². The SMILES string of the molecule is CC(C)C1=C2[C@H]3CC[C@@H]4[C@@]5(C)CC[C@H](OC(=O)CC(C)(C)C(=O)O)C(C)(C)[C@@H]5CC[C@@]4(C)[C@]3(C)CCC2(C(O)CN(CCN(C)C)[C@H](C)c2ccncn2)CC1=O. The van der Waals surface area contributed by atoms with Crippen molar-refractivity contribution in [2.24, 2.45) is 56.2 Å².